The summed E-state index contributed by atoms with van der Waals surface area (Å²) in [5, 5.41) is 12.4. The van der Waals surface area contributed by atoms with Crippen molar-refractivity contribution >= 4 is 0 Å². The molecule has 0 bridgehead atoms. The van der Waals surface area contributed by atoms with Crippen LogP contribution >= 0.6 is 0 Å². The van der Waals surface area contributed by atoms with Gasteiger partial charge in [-0.3, -0.25) is 5.32 Å². The van der Waals surface area contributed by atoms with Crippen LogP contribution in [0.15, 0.2) is 0 Å². The molecule has 0 aromatic carbocycles. The molecule has 1 rings (SSSR count). The molecule has 0 saturated heterocycles. The Morgan fingerprint density at radius 3 is 2.53 bits per heavy atom. The highest BCUT2D eigenvalue weighted by atomic mass is 16.5. The Balaban J connectivity index is 2.05. The van der Waals surface area contributed by atoms with Crippen molar-refractivity contribution in [2.24, 2.45) is 5.92 Å². The second-order valence-corrected chi connectivity index (χ2v) is 5.38. The zero-order valence-corrected chi connectivity index (χ0v) is 11.2. The lowest BCUT2D eigenvalue weighted by Gasteiger charge is -2.23. The van der Waals surface area contributed by atoms with E-state index in [4.69, 9.17) is 14.7 Å². The minimum Gasteiger partial charge on any atom is -0.379 e. The lowest BCUT2D eigenvalue weighted by atomic mass is 10.1. The fourth-order valence-electron chi connectivity index (χ4n) is 1.50. The number of ether oxygens (including phenoxy) is 2. The van der Waals surface area contributed by atoms with Gasteiger partial charge in [0.1, 0.15) is 5.54 Å². The first kappa shape index (κ1) is 14.4. The van der Waals surface area contributed by atoms with Gasteiger partial charge in [0.25, 0.3) is 0 Å². The molecule has 1 atom stereocenters. The van der Waals surface area contributed by atoms with Crippen molar-refractivity contribution in [2.45, 2.75) is 45.2 Å². The minimum atomic E-state index is -0.556. The molecule has 1 aliphatic carbocycles. The van der Waals surface area contributed by atoms with Gasteiger partial charge >= 0.3 is 0 Å². The molecular weight excluding hydrogens is 216 g/mol. The van der Waals surface area contributed by atoms with E-state index in [1.54, 1.807) is 0 Å². The summed E-state index contributed by atoms with van der Waals surface area (Å²) in [6.45, 7) is 8.46. The van der Waals surface area contributed by atoms with E-state index in [0.717, 1.165) is 6.61 Å². The predicted octanol–water partition coefficient (Wildman–Crippen LogP) is 1.71. The molecule has 1 aliphatic rings. The van der Waals surface area contributed by atoms with E-state index in [0.29, 0.717) is 31.8 Å². The number of hydrogen-bond acceptors (Lipinski definition) is 4. The molecule has 0 spiro atoms. The highest BCUT2D eigenvalue weighted by molar-refractivity contribution is 5.07. The minimum absolute atomic E-state index is 0.422. The maximum Gasteiger partial charge on any atom is 0.127 e. The molecule has 0 heterocycles. The van der Waals surface area contributed by atoms with Crippen LogP contribution in [0.25, 0.3) is 0 Å². The van der Waals surface area contributed by atoms with Gasteiger partial charge in [-0.25, -0.2) is 0 Å². The molecule has 1 saturated carbocycles. The molecule has 4 nitrogen and oxygen atoms in total. The number of nitrogens with one attached hydrogen (secondary N) is 1. The summed E-state index contributed by atoms with van der Waals surface area (Å²) in [5.41, 5.74) is -0.556. The first-order valence-corrected chi connectivity index (χ1v) is 6.40. The third kappa shape index (κ3) is 6.62. The Morgan fingerprint density at radius 2 is 2.00 bits per heavy atom. The first-order chi connectivity index (χ1) is 8.06. The van der Waals surface area contributed by atoms with E-state index in [2.05, 4.69) is 25.2 Å². The molecule has 1 N–H and O–H groups in total. The van der Waals surface area contributed by atoms with Crippen molar-refractivity contribution in [2.75, 3.05) is 26.4 Å². The molecule has 0 amide bonds. The average molecular weight is 240 g/mol. The summed E-state index contributed by atoms with van der Waals surface area (Å²) < 4.78 is 10.9. The smallest absolute Gasteiger partial charge is 0.127 e. The molecule has 0 aromatic rings. The van der Waals surface area contributed by atoms with E-state index >= 15 is 0 Å². The van der Waals surface area contributed by atoms with Gasteiger partial charge in [0.15, 0.2) is 0 Å². The van der Waals surface area contributed by atoms with E-state index in [1.807, 2.05) is 6.92 Å². The first-order valence-electron chi connectivity index (χ1n) is 6.40. The van der Waals surface area contributed by atoms with Gasteiger partial charge in [0, 0.05) is 12.6 Å². The molecule has 1 fully saturated rings. The normalized spacial score (nSPS) is 19.0. The Bertz CT molecular complexity index is 259. The van der Waals surface area contributed by atoms with Crippen LogP contribution in [0, 0.1) is 17.2 Å². The summed E-state index contributed by atoms with van der Waals surface area (Å²) in [6, 6.07) is 2.80. The van der Waals surface area contributed by atoms with Crippen molar-refractivity contribution < 1.29 is 9.47 Å². The summed E-state index contributed by atoms with van der Waals surface area (Å²) >= 11 is 0. The Morgan fingerprint density at radius 1 is 1.35 bits per heavy atom. The summed E-state index contributed by atoms with van der Waals surface area (Å²) in [7, 11) is 0. The Hall–Kier alpha value is -0.630. The third-order valence-electron chi connectivity index (χ3n) is 2.56. The SMILES string of the molecule is CC(C)COCCOCC(C)(C#N)NC1CC1. The maximum absolute atomic E-state index is 9.11. The van der Waals surface area contributed by atoms with Crippen molar-refractivity contribution in [1.82, 2.24) is 5.32 Å². The average Bonchev–Trinajstić information content (AvgIpc) is 3.06. The Kier molecular flexibility index (Phi) is 5.90. The summed E-state index contributed by atoms with van der Waals surface area (Å²) in [6.07, 6.45) is 2.35. The molecule has 98 valence electrons. The van der Waals surface area contributed by atoms with E-state index in [1.165, 1.54) is 12.8 Å². The van der Waals surface area contributed by atoms with E-state index < -0.39 is 5.54 Å². The fraction of sp³-hybridized carbons (Fsp3) is 0.923. The van der Waals surface area contributed by atoms with Gasteiger partial charge in [-0.1, -0.05) is 13.8 Å². The third-order valence-corrected chi connectivity index (χ3v) is 2.56. The van der Waals surface area contributed by atoms with Crippen LogP contribution < -0.4 is 5.32 Å². The van der Waals surface area contributed by atoms with Crippen LogP contribution in [0.1, 0.15) is 33.6 Å². The van der Waals surface area contributed by atoms with Crippen molar-refractivity contribution in [1.29, 1.82) is 5.26 Å². The molecule has 0 radical (unpaired) electrons. The zero-order valence-electron chi connectivity index (χ0n) is 11.2. The topological polar surface area (TPSA) is 54.3 Å². The van der Waals surface area contributed by atoms with Crippen LogP contribution in [0.3, 0.4) is 0 Å². The van der Waals surface area contributed by atoms with Crippen LogP contribution in [-0.4, -0.2) is 38.0 Å². The number of nitriles is 1. The van der Waals surface area contributed by atoms with Gasteiger partial charge in [-0.15, -0.1) is 0 Å². The maximum atomic E-state index is 9.11. The summed E-state index contributed by atoms with van der Waals surface area (Å²) in [4.78, 5) is 0. The van der Waals surface area contributed by atoms with Gasteiger partial charge in [-0.2, -0.15) is 5.26 Å². The Labute approximate surface area is 104 Å². The van der Waals surface area contributed by atoms with Gasteiger partial charge in [0.05, 0.1) is 25.9 Å². The lowest BCUT2D eigenvalue weighted by molar-refractivity contribution is 0.0241. The van der Waals surface area contributed by atoms with Crippen molar-refractivity contribution in [3.63, 3.8) is 0 Å². The molecule has 0 aliphatic heterocycles. The molecule has 1 unspecified atom stereocenters. The van der Waals surface area contributed by atoms with Crippen LogP contribution in [-0.2, 0) is 9.47 Å². The molecule has 17 heavy (non-hydrogen) atoms. The quantitative estimate of drug-likeness (QED) is 0.623. The standard InChI is InChI=1S/C13H24N2O2/c1-11(2)8-16-6-7-17-10-13(3,9-14)15-12-4-5-12/h11-12,15H,4-8,10H2,1-3H3. The lowest BCUT2D eigenvalue weighted by Crippen LogP contribution is -2.46. The monoisotopic (exact) mass is 240 g/mol. The van der Waals surface area contributed by atoms with Crippen LogP contribution in [0.5, 0.6) is 0 Å². The van der Waals surface area contributed by atoms with Crippen LogP contribution in [0.4, 0.5) is 0 Å². The van der Waals surface area contributed by atoms with E-state index in [-0.39, 0.29) is 0 Å². The van der Waals surface area contributed by atoms with Gasteiger partial charge in [-0.05, 0) is 25.7 Å². The zero-order chi connectivity index (χ0) is 12.7. The second-order valence-electron chi connectivity index (χ2n) is 5.38. The largest absolute Gasteiger partial charge is 0.379 e. The highest BCUT2D eigenvalue weighted by Crippen LogP contribution is 2.22. The number of rotatable bonds is 9. The molecule has 0 aromatic heterocycles. The van der Waals surface area contributed by atoms with Gasteiger partial charge < -0.3 is 9.47 Å². The van der Waals surface area contributed by atoms with Crippen molar-refractivity contribution in [3.05, 3.63) is 0 Å². The molecular formula is C13H24N2O2. The highest BCUT2D eigenvalue weighted by Gasteiger charge is 2.32. The fourth-order valence-corrected chi connectivity index (χ4v) is 1.50. The molecule has 4 heteroatoms. The number of hydrogen-bond donors (Lipinski definition) is 1. The second kappa shape index (κ2) is 6.95. The van der Waals surface area contributed by atoms with E-state index in [9.17, 15) is 0 Å². The number of nitrogens with zero attached hydrogens (tertiary/aromatic N) is 1. The predicted molar refractivity (Wildman–Crippen MR) is 66.7 cm³/mol. The van der Waals surface area contributed by atoms with Gasteiger partial charge in [0.2, 0.25) is 0 Å². The summed E-state index contributed by atoms with van der Waals surface area (Å²) in [5.74, 6) is 0.552. The van der Waals surface area contributed by atoms with Crippen molar-refractivity contribution in [3.8, 4) is 6.07 Å². The van der Waals surface area contributed by atoms with Crippen LogP contribution in [0.2, 0.25) is 0 Å².